The quantitative estimate of drug-likeness (QED) is 0.663. The van der Waals surface area contributed by atoms with Crippen LogP contribution in [0.15, 0.2) is 40.4 Å². The molecule has 77 valence electrons. The maximum Gasteiger partial charge on any atom is 0.0630 e. The number of halogens is 3. The van der Waals surface area contributed by atoms with Crippen LogP contribution in [0, 0.1) is 6.42 Å². The first-order valence-electron chi connectivity index (χ1n) is 4.53. The Hall–Kier alpha value is -0.430. The van der Waals surface area contributed by atoms with Crippen molar-refractivity contribution in [2.75, 3.05) is 0 Å². The number of rotatable bonds is 1. The third-order valence-electron chi connectivity index (χ3n) is 2.20. The molecule has 0 saturated carbocycles. The summed E-state index contributed by atoms with van der Waals surface area (Å²) >= 11 is 18.0. The van der Waals surface area contributed by atoms with Crippen molar-refractivity contribution in [3.63, 3.8) is 0 Å². The highest BCUT2D eigenvalue weighted by atomic mass is 35.5. The van der Waals surface area contributed by atoms with Gasteiger partial charge in [-0.1, -0.05) is 53.0 Å². The van der Waals surface area contributed by atoms with E-state index in [0.29, 0.717) is 15.1 Å². The molecular weight excluding hydrogens is 250 g/mol. The van der Waals surface area contributed by atoms with E-state index < -0.39 is 0 Å². The van der Waals surface area contributed by atoms with E-state index in [1.54, 1.807) is 0 Å². The maximum absolute atomic E-state index is 6.13. The van der Waals surface area contributed by atoms with Crippen molar-refractivity contribution in [2.45, 2.75) is 6.42 Å². The zero-order chi connectivity index (χ0) is 10.8. The van der Waals surface area contributed by atoms with E-state index in [1.165, 1.54) is 0 Å². The fourth-order valence-corrected chi connectivity index (χ4v) is 2.13. The molecule has 3 heteroatoms. The van der Waals surface area contributed by atoms with Gasteiger partial charge in [0.15, 0.2) is 0 Å². The lowest BCUT2D eigenvalue weighted by molar-refractivity contribution is 1.26. The highest BCUT2D eigenvalue weighted by Gasteiger charge is 2.14. The first kappa shape index (κ1) is 11.1. The minimum Gasteiger partial charge on any atom is -0.0843 e. The summed E-state index contributed by atoms with van der Waals surface area (Å²) in [4.78, 5) is 0. The van der Waals surface area contributed by atoms with E-state index >= 15 is 0 Å². The second-order valence-electron chi connectivity index (χ2n) is 3.23. The molecule has 0 unspecified atom stereocenters. The standard InChI is InChI=1S/C12H8Cl3/c13-9-4-1-3-8(7-9)10-5-2-6-11(14)12(10)15/h1,3-7H,2H2. The van der Waals surface area contributed by atoms with Crippen molar-refractivity contribution in [3.8, 4) is 0 Å². The molecule has 1 radical (unpaired) electrons. The van der Waals surface area contributed by atoms with Crippen molar-refractivity contribution in [1.29, 1.82) is 0 Å². The van der Waals surface area contributed by atoms with Gasteiger partial charge in [0.25, 0.3) is 0 Å². The molecule has 0 aromatic heterocycles. The highest BCUT2D eigenvalue weighted by Crippen LogP contribution is 2.36. The van der Waals surface area contributed by atoms with Crippen LogP contribution in [-0.4, -0.2) is 0 Å². The summed E-state index contributed by atoms with van der Waals surface area (Å²) in [5.74, 6) is 0. The van der Waals surface area contributed by atoms with Gasteiger partial charge in [0.05, 0.1) is 10.1 Å². The molecule has 1 aliphatic carbocycles. The lowest BCUT2D eigenvalue weighted by Crippen LogP contribution is -1.94. The third-order valence-corrected chi connectivity index (χ3v) is 3.28. The van der Waals surface area contributed by atoms with E-state index in [0.717, 1.165) is 17.6 Å². The van der Waals surface area contributed by atoms with Gasteiger partial charge in [-0.15, -0.1) is 0 Å². The van der Waals surface area contributed by atoms with Gasteiger partial charge in [-0.25, -0.2) is 0 Å². The van der Waals surface area contributed by atoms with Crippen LogP contribution in [0.25, 0.3) is 5.57 Å². The summed E-state index contributed by atoms with van der Waals surface area (Å²) in [5, 5.41) is 1.89. The number of allylic oxidation sites excluding steroid dienone is 4. The van der Waals surface area contributed by atoms with E-state index in [-0.39, 0.29) is 0 Å². The van der Waals surface area contributed by atoms with E-state index in [2.05, 4.69) is 0 Å². The number of benzene rings is 1. The van der Waals surface area contributed by atoms with Gasteiger partial charge in [-0.3, -0.25) is 0 Å². The first-order valence-corrected chi connectivity index (χ1v) is 5.67. The maximum atomic E-state index is 6.13. The van der Waals surface area contributed by atoms with Gasteiger partial charge in [0.2, 0.25) is 0 Å². The van der Waals surface area contributed by atoms with Crippen LogP contribution in [0.1, 0.15) is 12.0 Å². The van der Waals surface area contributed by atoms with Crippen LogP contribution in [0.2, 0.25) is 5.02 Å². The normalized spacial score (nSPS) is 16.6. The molecule has 1 aromatic carbocycles. The Morgan fingerprint density at radius 3 is 2.60 bits per heavy atom. The fourth-order valence-electron chi connectivity index (χ4n) is 1.49. The van der Waals surface area contributed by atoms with Crippen LogP contribution >= 0.6 is 34.8 Å². The largest absolute Gasteiger partial charge is 0.0843 e. The predicted octanol–water partition coefficient (Wildman–Crippen LogP) is 5.02. The molecule has 1 aliphatic rings. The molecule has 0 spiro atoms. The third kappa shape index (κ3) is 2.39. The summed E-state index contributed by atoms with van der Waals surface area (Å²) in [5.41, 5.74) is 1.95. The molecule has 15 heavy (non-hydrogen) atoms. The summed E-state index contributed by atoms with van der Waals surface area (Å²) in [6.07, 6.45) is 4.73. The van der Waals surface area contributed by atoms with Crippen molar-refractivity contribution < 1.29 is 0 Å². The molecule has 0 nitrogen and oxygen atoms in total. The van der Waals surface area contributed by atoms with Crippen LogP contribution in [-0.2, 0) is 0 Å². The fraction of sp³-hybridized carbons (Fsp3) is 0.0833. The summed E-state index contributed by atoms with van der Waals surface area (Å²) in [7, 11) is 0. The Bertz CT molecular complexity index is 444. The Morgan fingerprint density at radius 2 is 1.87 bits per heavy atom. The highest BCUT2D eigenvalue weighted by molar-refractivity contribution is 6.46. The van der Waals surface area contributed by atoms with Crippen molar-refractivity contribution in [1.82, 2.24) is 0 Å². The van der Waals surface area contributed by atoms with Crippen molar-refractivity contribution >= 4 is 40.4 Å². The minimum absolute atomic E-state index is 0.588. The van der Waals surface area contributed by atoms with Crippen LogP contribution in [0.5, 0.6) is 0 Å². The zero-order valence-corrected chi connectivity index (χ0v) is 10.1. The van der Waals surface area contributed by atoms with Gasteiger partial charge in [0, 0.05) is 5.02 Å². The van der Waals surface area contributed by atoms with Crippen LogP contribution in [0.3, 0.4) is 0 Å². The molecule has 0 heterocycles. The van der Waals surface area contributed by atoms with Gasteiger partial charge in [-0.05, 0) is 36.1 Å². The van der Waals surface area contributed by atoms with Crippen LogP contribution < -0.4 is 0 Å². The Kier molecular flexibility index (Phi) is 3.40. The molecule has 0 fully saturated rings. The monoisotopic (exact) mass is 257 g/mol. The van der Waals surface area contributed by atoms with Gasteiger partial charge < -0.3 is 0 Å². The molecule has 0 amide bonds. The predicted molar refractivity (Wildman–Crippen MR) is 67.1 cm³/mol. The molecule has 0 aliphatic heterocycles. The van der Waals surface area contributed by atoms with Gasteiger partial charge in [0.1, 0.15) is 0 Å². The van der Waals surface area contributed by atoms with Crippen molar-refractivity contribution in [3.05, 3.63) is 57.4 Å². The second kappa shape index (κ2) is 4.61. The summed E-state index contributed by atoms with van der Waals surface area (Å²) in [6, 6.07) is 7.58. The van der Waals surface area contributed by atoms with Gasteiger partial charge in [-0.2, -0.15) is 0 Å². The Balaban J connectivity index is 2.47. The lowest BCUT2D eigenvalue weighted by Gasteiger charge is -2.14. The molecule has 2 rings (SSSR count). The molecule has 1 aromatic rings. The van der Waals surface area contributed by atoms with Gasteiger partial charge >= 0.3 is 0 Å². The lowest BCUT2D eigenvalue weighted by atomic mass is 9.97. The molecule has 0 saturated heterocycles. The average molecular weight is 259 g/mol. The van der Waals surface area contributed by atoms with Crippen molar-refractivity contribution in [2.24, 2.45) is 0 Å². The molecule has 0 N–H and O–H groups in total. The average Bonchev–Trinajstić information content (AvgIpc) is 2.22. The number of hydrogen-bond donors (Lipinski definition) is 0. The van der Waals surface area contributed by atoms with E-state index in [9.17, 15) is 0 Å². The smallest absolute Gasteiger partial charge is 0.0630 e. The van der Waals surface area contributed by atoms with E-state index in [1.807, 2.05) is 36.8 Å². The molecule has 0 atom stereocenters. The first-order chi connectivity index (χ1) is 7.18. The molecular formula is C12H8Cl3. The Morgan fingerprint density at radius 1 is 1.07 bits per heavy atom. The zero-order valence-electron chi connectivity index (χ0n) is 7.81. The Labute approximate surface area is 104 Å². The second-order valence-corrected chi connectivity index (χ2v) is 4.45. The molecule has 0 bridgehead atoms. The minimum atomic E-state index is 0.588. The van der Waals surface area contributed by atoms with E-state index in [4.69, 9.17) is 34.8 Å². The SMILES string of the molecule is ClC1=CC[CH]C(c2cccc(Cl)c2)=C1Cl. The van der Waals surface area contributed by atoms with Crippen LogP contribution in [0.4, 0.5) is 0 Å². The number of hydrogen-bond acceptors (Lipinski definition) is 0. The summed E-state index contributed by atoms with van der Waals surface area (Å²) in [6.45, 7) is 0. The summed E-state index contributed by atoms with van der Waals surface area (Å²) < 4.78 is 0. The topological polar surface area (TPSA) is 0 Å².